The molecule has 1 heterocycles. The fourth-order valence-corrected chi connectivity index (χ4v) is 5.36. The van der Waals surface area contributed by atoms with E-state index >= 15 is 0 Å². The van der Waals surface area contributed by atoms with Crippen molar-refractivity contribution in [2.75, 3.05) is 6.61 Å². The molecule has 0 spiro atoms. The molecule has 32 heavy (non-hydrogen) atoms. The van der Waals surface area contributed by atoms with Gasteiger partial charge in [-0.05, 0) is 58.1 Å². The molecule has 1 saturated heterocycles. The Kier molecular flexibility index (Phi) is 6.37. The second kappa shape index (κ2) is 8.78. The van der Waals surface area contributed by atoms with Gasteiger partial charge in [-0.1, -0.05) is 11.6 Å². The third kappa shape index (κ3) is 4.44. The molecule has 1 aliphatic heterocycles. The van der Waals surface area contributed by atoms with Crippen molar-refractivity contribution < 1.29 is 28.7 Å². The van der Waals surface area contributed by atoms with Crippen LogP contribution in [0.3, 0.4) is 0 Å². The van der Waals surface area contributed by atoms with Crippen LogP contribution < -0.4 is 20.9 Å². The summed E-state index contributed by atoms with van der Waals surface area (Å²) in [7, 11) is 0. The summed E-state index contributed by atoms with van der Waals surface area (Å²) < 4.78 is 18.9. The SMILES string of the molecule is CC1NOC(C)C1C(=O)NC12CCC(NC(=O)COc3ccc(Cl)c(F)c3)(CC1)CC2O. The van der Waals surface area contributed by atoms with Gasteiger partial charge >= 0.3 is 0 Å². The van der Waals surface area contributed by atoms with E-state index in [0.29, 0.717) is 32.1 Å². The first-order valence-corrected chi connectivity index (χ1v) is 11.3. The topological polar surface area (TPSA) is 109 Å². The zero-order valence-electron chi connectivity index (χ0n) is 18.1. The van der Waals surface area contributed by atoms with E-state index in [2.05, 4.69) is 16.1 Å². The van der Waals surface area contributed by atoms with Gasteiger partial charge in [-0.2, -0.15) is 5.48 Å². The van der Waals surface area contributed by atoms with Crippen LogP contribution in [0.1, 0.15) is 46.0 Å². The van der Waals surface area contributed by atoms with E-state index in [9.17, 15) is 19.1 Å². The van der Waals surface area contributed by atoms with Crippen molar-refractivity contribution in [3.05, 3.63) is 29.0 Å². The largest absolute Gasteiger partial charge is 0.484 e. The Morgan fingerprint density at radius 3 is 2.59 bits per heavy atom. The summed E-state index contributed by atoms with van der Waals surface area (Å²) >= 11 is 5.65. The molecule has 0 aromatic heterocycles. The molecule has 4 N–H and O–H groups in total. The molecule has 176 valence electrons. The summed E-state index contributed by atoms with van der Waals surface area (Å²) in [6.45, 7) is 3.47. The average Bonchev–Trinajstić information content (AvgIpc) is 3.08. The van der Waals surface area contributed by atoms with Gasteiger partial charge in [0.05, 0.1) is 28.7 Å². The van der Waals surface area contributed by atoms with E-state index in [1.807, 2.05) is 13.8 Å². The highest BCUT2D eigenvalue weighted by molar-refractivity contribution is 6.30. The van der Waals surface area contributed by atoms with Gasteiger partial charge in [0.15, 0.2) is 6.61 Å². The number of hydrogen-bond acceptors (Lipinski definition) is 6. The quantitative estimate of drug-likeness (QED) is 0.506. The summed E-state index contributed by atoms with van der Waals surface area (Å²) in [4.78, 5) is 30.8. The predicted molar refractivity (Wildman–Crippen MR) is 114 cm³/mol. The molecule has 1 aromatic rings. The van der Waals surface area contributed by atoms with E-state index in [1.165, 1.54) is 12.1 Å². The van der Waals surface area contributed by atoms with Crippen molar-refractivity contribution in [2.24, 2.45) is 5.92 Å². The molecule has 10 heteroatoms. The number of aliphatic hydroxyl groups excluding tert-OH is 1. The number of ether oxygens (including phenoxy) is 1. The van der Waals surface area contributed by atoms with Gasteiger partial charge in [0.1, 0.15) is 11.6 Å². The molecule has 8 nitrogen and oxygen atoms in total. The molecule has 5 rings (SSSR count). The van der Waals surface area contributed by atoms with Crippen molar-refractivity contribution in [2.45, 2.75) is 75.3 Å². The van der Waals surface area contributed by atoms with Gasteiger partial charge in [0.25, 0.3) is 5.91 Å². The van der Waals surface area contributed by atoms with Gasteiger partial charge in [-0.3, -0.25) is 14.4 Å². The Hall–Kier alpha value is -1.94. The molecule has 3 saturated carbocycles. The monoisotopic (exact) mass is 469 g/mol. The van der Waals surface area contributed by atoms with Crippen LogP contribution in [0.5, 0.6) is 5.75 Å². The van der Waals surface area contributed by atoms with Crippen LogP contribution in [0, 0.1) is 11.7 Å². The maximum absolute atomic E-state index is 13.5. The number of halogens is 2. The number of rotatable bonds is 6. The number of benzene rings is 1. The minimum atomic E-state index is -0.776. The van der Waals surface area contributed by atoms with Gasteiger partial charge in [-0.25, -0.2) is 4.39 Å². The number of aliphatic hydroxyl groups is 1. The second-order valence-corrected chi connectivity index (χ2v) is 9.72. The van der Waals surface area contributed by atoms with Crippen LogP contribution in [0.4, 0.5) is 4.39 Å². The first-order valence-electron chi connectivity index (χ1n) is 10.9. The van der Waals surface area contributed by atoms with Crippen LogP contribution in [-0.4, -0.2) is 52.9 Å². The van der Waals surface area contributed by atoms with Crippen molar-refractivity contribution in [3.8, 4) is 5.75 Å². The van der Waals surface area contributed by atoms with Crippen LogP contribution in [0.2, 0.25) is 5.02 Å². The molecule has 4 unspecified atom stereocenters. The molecule has 4 fully saturated rings. The minimum absolute atomic E-state index is 0.0182. The lowest BCUT2D eigenvalue weighted by molar-refractivity contribution is -0.139. The van der Waals surface area contributed by atoms with Crippen molar-refractivity contribution in [1.29, 1.82) is 0 Å². The van der Waals surface area contributed by atoms with Crippen molar-refractivity contribution in [3.63, 3.8) is 0 Å². The summed E-state index contributed by atoms with van der Waals surface area (Å²) in [5.41, 5.74) is 1.60. The Morgan fingerprint density at radius 2 is 2.00 bits per heavy atom. The summed E-state index contributed by atoms with van der Waals surface area (Å²) in [6.07, 6.45) is 1.71. The number of fused-ring (bicyclic) bond motifs is 3. The number of hydroxylamine groups is 1. The fourth-order valence-electron chi connectivity index (χ4n) is 5.25. The van der Waals surface area contributed by atoms with E-state index in [1.54, 1.807) is 0 Å². The highest BCUT2D eigenvalue weighted by Gasteiger charge is 2.56. The minimum Gasteiger partial charge on any atom is -0.484 e. The Labute approximate surface area is 191 Å². The van der Waals surface area contributed by atoms with Gasteiger partial charge in [-0.15, -0.1) is 0 Å². The predicted octanol–water partition coefficient (Wildman–Crippen LogP) is 1.83. The molecule has 2 bridgehead atoms. The maximum atomic E-state index is 13.5. The highest BCUT2D eigenvalue weighted by Crippen LogP contribution is 2.47. The maximum Gasteiger partial charge on any atom is 0.258 e. The van der Waals surface area contributed by atoms with Gasteiger partial charge in [0.2, 0.25) is 5.91 Å². The molecular weight excluding hydrogens is 441 g/mol. The Morgan fingerprint density at radius 1 is 1.28 bits per heavy atom. The molecule has 0 radical (unpaired) electrons. The molecule has 2 amide bonds. The standard InChI is InChI=1S/C22H29ClFN3O5/c1-12-19(13(2)32-27-12)20(30)26-22-7-5-21(6-8-22,10-17(22)28)25-18(29)11-31-14-3-4-15(23)16(24)9-14/h3-4,9,12-13,17,19,27-28H,5-8,10-11H2,1-2H3,(H,25,29)(H,26,30). The van der Waals surface area contributed by atoms with E-state index in [4.69, 9.17) is 21.2 Å². The summed E-state index contributed by atoms with van der Waals surface area (Å²) in [5.74, 6) is -1.21. The molecule has 4 atom stereocenters. The van der Waals surface area contributed by atoms with Crippen molar-refractivity contribution >= 4 is 23.4 Å². The zero-order chi connectivity index (χ0) is 23.1. The number of amides is 2. The van der Waals surface area contributed by atoms with Crippen LogP contribution in [-0.2, 0) is 14.4 Å². The third-order valence-corrected chi connectivity index (χ3v) is 7.45. The lowest BCUT2D eigenvalue weighted by Gasteiger charge is -2.56. The summed E-state index contributed by atoms with van der Waals surface area (Å²) in [5, 5.41) is 17.0. The lowest BCUT2D eigenvalue weighted by Crippen LogP contribution is -2.71. The van der Waals surface area contributed by atoms with Gasteiger partial charge < -0.3 is 20.5 Å². The van der Waals surface area contributed by atoms with Crippen molar-refractivity contribution in [1.82, 2.24) is 16.1 Å². The normalized spacial score (nSPS) is 36.0. The Bertz CT molecular complexity index is 882. The zero-order valence-corrected chi connectivity index (χ0v) is 18.9. The first kappa shape index (κ1) is 23.2. The second-order valence-electron chi connectivity index (χ2n) is 9.31. The highest BCUT2D eigenvalue weighted by atomic mass is 35.5. The van der Waals surface area contributed by atoms with Gasteiger partial charge in [0, 0.05) is 17.6 Å². The fraction of sp³-hybridized carbons (Fsp3) is 0.636. The average molecular weight is 470 g/mol. The number of hydrogen-bond donors (Lipinski definition) is 4. The third-order valence-electron chi connectivity index (χ3n) is 7.15. The lowest BCUT2D eigenvalue weighted by atomic mass is 9.59. The molecule has 3 aliphatic carbocycles. The number of carbonyl (C=O) groups excluding carboxylic acids is 2. The Balaban J connectivity index is 1.33. The molecule has 1 aromatic carbocycles. The van der Waals surface area contributed by atoms with E-state index in [0.717, 1.165) is 6.07 Å². The van der Waals surface area contributed by atoms with Crippen LogP contribution in [0.25, 0.3) is 0 Å². The first-order chi connectivity index (χ1) is 15.1. The van der Waals surface area contributed by atoms with E-state index in [-0.39, 0.29) is 47.3 Å². The van der Waals surface area contributed by atoms with Crippen LogP contribution in [0.15, 0.2) is 18.2 Å². The molecular formula is C22H29ClFN3O5. The number of nitrogens with one attached hydrogen (secondary N) is 3. The molecule has 4 aliphatic rings. The summed E-state index contributed by atoms with van der Waals surface area (Å²) in [6, 6.07) is 3.87. The van der Waals surface area contributed by atoms with E-state index < -0.39 is 23.0 Å². The number of carbonyl (C=O) groups is 2. The van der Waals surface area contributed by atoms with Crippen LogP contribution >= 0.6 is 11.6 Å². The smallest absolute Gasteiger partial charge is 0.258 e.